The summed E-state index contributed by atoms with van der Waals surface area (Å²) >= 11 is 0. The van der Waals surface area contributed by atoms with Gasteiger partial charge in [-0.3, -0.25) is 5.26 Å². The van der Waals surface area contributed by atoms with Crippen LogP contribution in [0, 0.1) is 0 Å². The highest BCUT2D eigenvalue weighted by Gasteiger charge is 2.00. The van der Waals surface area contributed by atoms with Crippen molar-refractivity contribution in [1.82, 2.24) is 0 Å². The molecule has 0 amide bonds. The van der Waals surface area contributed by atoms with Crippen molar-refractivity contribution in [3.8, 4) is 0 Å². The summed E-state index contributed by atoms with van der Waals surface area (Å²) in [6.45, 7) is 1.85. The SMILES string of the molecule is CC(CCc1ccccc1)OO. The van der Waals surface area contributed by atoms with Crippen molar-refractivity contribution in [2.45, 2.75) is 25.9 Å². The third-order valence-corrected chi connectivity index (χ3v) is 1.86. The molecule has 0 radical (unpaired) electrons. The predicted molar refractivity (Wildman–Crippen MR) is 47.9 cm³/mol. The third kappa shape index (κ3) is 3.03. The third-order valence-electron chi connectivity index (χ3n) is 1.86. The molecule has 0 bridgehead atoms. The molecule has 1 aromatic carbocycles. The summed E-state index contributed by atoms with van der Waals surface area (Å²) in [7, 11) is 0. The maximum Gasteiger partial charge on any atom is 0.0902 e. The van der Waals surface area contributed by atoms with Gasteiger partial charge >= 0.3 is 0 Å². The summed E-state index contributed by atoms with van der Waals surface area (Å²) < 4.78 is 0. The van der Waals surface area contributed by atoms with Gasteiger partial charge in [0, 0.05) is 0 Å². The fraction of sp³-hybridized carbons (Fsp3) is 0.400. The van der Waals surface area contributed by atoms with Crippen molar-refractivity contribution in [3.05, 3.63) is 35.9 Å². The van der Waals surface area contributed by atoms with Gasteiger partial charge in [-0.05, 0) is 25.3 Å². The molecule has 0 aromatic heterocycles. The summed E-state index contributed by atoms with van der Waals surface area (Å²) in [5, 5.41) is 8.31. The summed E-state index contributed by atoms with van der Waals surface area (Å²) in [6.07, 6.45) is 1.72. The molecule has 12 heavy (non-hydrogen) atoms. The molecular formula is C10H14O2. The Morgan fingerprint density at radius 3 is 2.58 bits per heavy atom. The molecule has 0 fully saturated rings. The molecule has 0 aliphatic carbocycles. The zero-order valence-corrected chi connectivity index (χ0v) is 7.23. The normalized spacial score (nSPS) is 12.8. The average Bonchev–Trinajstić information content (AvgIpc) is 2.16. The molecule has 1 unspecified atom stereocenters. The van der Waals surface area contributed by atoms with Gasteiger partial charge < -0.3 is 0 Å². The minimum absolute atomic E-state index is 0.0785. The quantitative estimate of drug-likeness (QED) is 0.550. The molecule has 0 saturated heterocycles. The lowest BCUT2D eigenvalue weighted by atomic mass is 10.1. The predicted octanol–water partition coefficient (Wildman–Crippen LogP) is 2.50. The first-order valence-corrected chi connectivity index (χ1v) is 4.17. The maximum absolute atomic E-state index is 8.31. The Bertz CT molecular complexity index is 208. The first kappa shape index (κ1) is 9.23. The van der Waals surface area contributed by atoms with Crippen molar-refractivity contribution in [3.63, 3.8) is 0 Å². The Balaban J connectivity index is 2.33. The van der Waals surface area contributed by atoms with Gasteiger partial charge in [-0.25, -0.2) is 4.89 Å². The molecule has 1 N–H and O–H groups in total. The highest BCUT2D eigenvalue weighted by Crippen LogP contribution is 2.05. The van der Waals surface area contributed by atoms with Crippen LogP contribution in [0.15, 0.2) is 30.3 Å². The van der Waals surface area contributed by atoms with E-state index in [4.69, 9.17) is 5.26 Å². The van der Waals surface area contributed by atoms with Crippen LogP contribution in [0.3, 0.4) is 0 Å². The smallest absolute Gasteiger partial charge is 0.0902 e. The van der Waals surface area contributed by atoms with Gasteiger partial charge in [0.15, 0.2) is 0 Å². The van der Waals surface area contributed by atoms with E-state index in [1.165, 1.54) is 5.56 Å². The standard InChI is InChI=1S/C10H14O2/c1-9(12-11)7-8-10-5-3-2-4-6-10/h2-6,9,11H,7-8H2,1H3. The zero-order chi connectivity index (χ0) is 8.81. The molecule has 1 aromatic rings. The monoisotopic (exact) mass is 166 g/mol. The second-order valence-corrected chi connectivity index (χ2v) is 2.94. The van der Waals surface area contributed by atoms with Gasteiger partial charge in [-0.2, -0.15) is 0 Å². The van der Waals surface area contributed by atoms with Crippen molar-refractivity contribution < 1.29 is 10.1 Å². The van der Waals surface area contributed by atoms with Crippen molar-refractivity contribution in [1.29, 1.82) is 0 Å². The fourth-order valence-corrected chi connectivity index (χ4v) is 1.07. The lowest BCUT2D eigenvalue weighted by Crippen LogP contribution is -2.06. The Hall–Kier alpha value is -0.860. The first-order valence-electron chi connectivity index (χ1n) is 4.17. The second kappa shape index (κ2) is 4.91. The summed E-state index contributed by atoms with van der Waals surface area (Å²) in [6, 6.07) is 10.2. The topological polar surface area (TPSA) is 29.5 Å². The molecule has 0 heterocycles. The number of hydrogen-bond acceptors (Lipinski definition) is 2. The van der Waals surface area contributed by atoms with E-state index in [-0.39, 0.29) is 6.10 Å². The van der Waals surface area contributed by atoms with E-state index in [1.54, 1.807) is 0 Å². The van der Waals surface area contributed by atoms with Crippen molar-refractivity contribution in [2.75, 3.05) is 0 Å². The van der Waals surface area contributed by atoms with Crippen LogP contribution in [0.25, 0.3) is 0 Å². The van der Waals surface area contributed by atoms with Crippen LogP contribution in [0.2, 0.25) is 0 Å². The van der Waals surface area contributed by atoms with E-state index in [0.717, 1.165) is 12.8 Å². The second-order valence-electron chi connectivity index (χ2n) is 2.94. The Labute approximate surface area is 72.7 Å². The molecular weight excluding hydrogens is 152 g/mol. The van der Waals surface area contributed by atoms with E-state index in [9.17, 15) is 0 Å². The molecule has 0 saturated carbocycles. The summed E-state index contributed by atoms with van der Waals surface area (Å²) in [4.78, 5) is 4.17. The van der Waals surface area contributed by atoms with Gasteiger partial charge in [0.1, 0.15) is 0 Å². The molecule has 0 aliphatic rings. The van der Waals surface area contributed by atoms with Gasteiger partial charge in [-0.1, -0.05) is 30.3 Å². The zero-order valence-electron chi connectivity index (χ0n) is 7.23. The van der Waals surface area contributed by atoms with E-state index in [1.807, 2.05) is 25.1 Å². The minimum Gasteiger partial charge on any atom is -0.252 e. The molecule has 0 spiro atoms. The lowest BCUT2D eigenvalue weighted by molar-refractivity contribution is -0.274. The Kier molecular flexibility index (Phi) is 3.77. The van der Waals surface area contributed by atoms with Crippen LogP contribution in [-0.2, 0) is 11.3 Å². The summed E-state index contributed by atoms with van der Waals surface area (Å²) in [5.74, 6) is 0. The van der Waals surface area contributed by atoms with Crippen LogP contribution < -0.4 is 0 Å². The van der Waals surface area contributed by atoms with E-state index in [2.05, 4.69) is 17.0 Å². The van der Waals surface area contributed by atoms with E-state index >= 15 is 0 Å². The van der Waals surface area contributed by atoms with E-state index < -0.39 is 0 Å². The number of rotatable bonds is 4. The Morgan fingerprint density at radius 2 is 2.00 bits per heavy atom. The van der Waals surface area contributed by atoms with Gasteiger partial charge in [-0.15, -0.1) is 0 Å². The van der Waals surface area contributed by atoms with Crippen LogP contribution in [0.5, 0.6) is 0 Å². The molecule has 66 valence electrons. The minimum atomic E-state index is -0.0785. The lowest BCUT2D eigenvalue weighted by Gasteiger charge is -2.06. The number of hydrogen-bond donors (Lipinski definition) is 1. The maximum atomic E-state index is 8.31. The fourth-order valence-electron chi connectivity index (χ4n) is 1.07. The van der Waals surface area contributed by atoms with Gasteiger partial charge in [0.05, 0.1) is 6.10 Å². The molecule has 2 heteroatoms. The first-order chi connectivity index (χ1) is 5.83. The number of benzene rings is 1. The van der Waals surface area contributed by atoms with Crippen LogP contribution in [0.1, 0.15) is 18.9 Å². The molecule has 2 nitrogen and oxygen atoms in total. The van der Waals surface area contributed by atoms with E-state index in [0.29, 0.717) is 0 Å². The highest BCUT2D eigenvalue weighted by atomic mass is 17.1. The highest BCUT2D eigenvalue weighted by molar-refractivity contribution is 5.14. The molecule has 0 aliphatic heterocycles. The number of aryl methyl sites for hydroxylation is 1. The van der Waals surface area contributed by atoms with Crippen molar-refractivity contribution >= 4 is 0 Å². The van der Waals surface area contributed by atoms with Crippen LogP contribution >= 0.6 is 0 Å². The van der Waals surface area contributed by atoms with Gasteiger partial charge in [0.2, 0.25) is 0 Å². The largest absolute Gasteiger partial charge is 0.252 e. The summed E-state index contributed by atoms with van der Waals surface area (Å²) in [5.41, 5.74) is 1.28. The molecule has 1 atom stereocenters. The Morgan fingerprint density at radius 1 is 1.33 bits per heavy atom. The van der Waals surface area contributed by atoms with Crippen molar-refractivity contribution in [2.24, 2.45) is 0 Å². The van der Waals surface area contributed by atoms with Crippen LogP contribution in [-0.4, -0.2) is 11.4 Å². The molecule has 1 rings (SSSR count). The van der Waals surface area contributed by atoms with Gasteiger partial charge in [0.25, 0.3) is 0 Å². The average molecular weight is 166 g/mol. The van der Waals surface area contributed by atoms with Crippen LogP contribution in [0.4, 0.5) is 0 Å².